The van der Waals surface area contributed by atoms with E-state index in [0.29, 0.717) is 13.0 Å². The Bertz CT molecular complexity index is 566. The molecule has 0 aliphatic rings. The van der Waals surface area contributed by atoms with Crippen LogP contribution in [0.4, 0.5) is 5.69 Å². The van der Waals surface area contributed by atoms with E-state index in [0.717, 1.165) is 16.5 Å². The number of nitrogens with zero attached hydrogens (tertiary/aromatic N) is 1. The van der Waals surface area contributed by atoms with Gasteiger partial charge in [0.15, 0.2) is 0 Å². The molecular weight excluding hydrogens is 242 g/mol. The number of hydrogen-bond acceptors (Lipinski definition) is 4. The van der Waals surface area contributed by atoms with Crippen LogP contribution >= 0.6 is 0 Å². The molecule has 1 amide bonds. The third-order valence-electron chi connectivity index (χ3n) is 2.91. The number of fused-ring (bicyclic) bond motifs is 1. The Labute approximate surface area is 111 Å². The monoisotopic (exact) mass is 259 g/mol. The van der Waals surface area contributed by atoms with E-state index >= 15 is 0 Å². The van der Waals surface area contributed by atoms with Gasteiger partial charge in [-0.3, -0.25) is 9.78 Å². The van der Waals surface area contributed by atoms with E-state index in [2.05, 4.69) is 10.3 Å². The Morgan fingerprint density at radius 1 is 1.47 bits per heavy atom. The molecule has 0 bridgehead atoms. The Morgan fingerprint density at radius 3 is 3.11 bits per heavy atom. The molecule has 0 saturated carbocycles. The smallest absolute Gasteiger partial charge is 0.241 e. The average molecular weight is 259 g/mol. The van der Waals surface area contributed by atoms with Crippen LogP contribution in [0.1, 0.15) is 6.42 Å². The minimum absolute atomic E-state index is 0.207. The van der Waals surface area contributed by atoms with Gasteiger partial charge in [-0.25, -0.2) is 0 Å². The second-order valence-electron chi connectivity index (χ2n) is 4.28. The maximum Gasteiger partial charge on any atom is 0.241 e. The van der Waals surface area contributed by atoms with E-state index in [-0.39, 0.29) is 5.91 Å². The fourth-order valence-corrected chi connectivity index (χ4v) is 1.83. The van der Waals surface area contributed by atoms with Crippen molar-refractivity contribution in [2.45, 2.75) is 12.5 Å². The van der Waals surface area contributed by atoms with Gasteiger partial charge in [-0.1, -0.05) is 12.1 Å². The summed E-state index contributed by atoms with van der Waals surface area (Å²) in [6, 6.07) is 6.97. The standard InChI is InChI=1S/C14H17N3O2/c1-19-8-6-12(15)14(18)17-13-4-2-3-10-9-16-7-5-11(10)13/h2-5,7,9,12H,6,8,15H2,1H3,(H,17,18). The van der Waals surface area contributed by atoms with Crippen LogP contribution in [0.5, 0.6) is 0 Å². The number of nitrogens with two attached hydrogens (primary N) is 1. The van der Waals surface area contributed by atoms with Gasteiger partial charge in [0, 0.05) is 42.6 Å². The lowest BCUT2D eigenvalue weighted by Crippen LogP contribution is -2.36. The van der Waals surface area contributed by atoms with Gasteiger partial charge in [0.2, 0.25) is 5.91 Å². The summed E-state index contributed by atoms with van der Waals surface area (Å²) in [5, 5.41) is 4.77. The minimum Gasteiger partial charge on any atom is -0.385 e. The lowest BCUT2D eigenvalue weighted by atomic mass is 10.1. The molecule has 3 N–H and O–H groups in total. The van der Waals surface area contributed by atoms with E-state index in [1.165, 1.54) is 0 Å². The number of ether oxygens (including phenoxy) is 1. The molecular formula is C14H17N3O2. The lowest BCUT2D eigenvalue weighted by Gasteiger charge is -2.13. The second-order valence-corrected chi connectivity index (χ2v) is 4.28. The summed E-state index contributed by atoms with van der Waals surface area (Å²) in [6.07, 6.45) is 3.95. The van der Waals surface area contributed by atoms with Crippen molar-refractivity contribution in [3.63, 3.8) is 0 Å². The Morgan fingerprint density at radius 2 is 2.32 bits per heavy atom. The highest BCUT2D eigenvalue weighted by atomic mass is 16.5. The summed E-state index contributed by atoms with van der Waals surface area (Å²) >= 11 is 0. The maximum atomic E-state index is 12.0. The van der Waals surface area contributed by atoms with Crippen LogP contribution in [0, 0.1) is 0 Å². The normalized spacial score (nSPS) is 12.3. The summed E-state index contributed by atoms with van der Waals surface area (Å²) < 4.78 is 4.91. The summed E-state index contributed by atoms with van der Waals surface area (Å²) in [5.74, 6) is -0.207. The third kappa shape index (κ3) is 3.27. The molecule has 0 aliphatic heterocycles. The quantitative estimate of drug-likeness (QED) is 0.853. The van der Waals surface area contributed by atoms with Crippen molar-refractivity contribution in [1.82, 2.24) is 4.98 Å². The highest BCUT2D eigenvalue weighted by Crippen LogP contribution is 2.22. The summed E-state index contributed by atoms with van der Waals surface area (Å²) in [7, 11) is 1.59. The average Bonchev–Trinajstić information content (AvgIpc) is 2.45. The number of methoxy groups -OCH3 is 1. The largest absolute Gasteiger partial charge is 0.385 e. The zero-order valence-electron chi connectivity index (χ0n) is 10.8. The van der Waals surface area contributed by atoms with Gasteiger partial charge in [0.25, 0.3) is 0 Å². The molecule has 5 nitrogen and oxygen atoms in total. The van der Waals surface area contributed by atoms with Gasteiger partial charge < -0.3 is 15.8 Å². The third-order valence-corrected chi connectivity index (χ3v) is 2.91. The molecule has 1 unspecified atom stereocenters. The van der Waals surface area contributed by atoms with Crippen molar-refractivity contribution < 1.29 is 9.53 Å². The van der Waals surface area contributed by atoms with Crippen LogP contribution in [-0.2, 0) is 9.53 Å². The molecule has 1 atom stereocenters. The number of nitrogens with one attached hydrogen (secondary N) is 1. The van der Waals surface area contributed by atoms with E-state index in [4.69, 9.17) is 10.5 Å². The highest BCUT2D eigenvalue weighted by molar-refractivity contribution is 6.03. The molecule has 0 saturated heterocycles. The number of carbonyl (C=O) groups is 1. The van der Waals surface area contributed by atoms with Crippen molar-refractivity contribution in [3.05, 3.63) is 36.7 Å². The molecule has 100 valence electrons. The van der Waals surface area contributed by atoms with Gasteiger partial charge in [0.1, 0.15) is 0 Å². The number of benzene rings is 1. The number of aromatic nitrogens is 1. The fourth-order valence-electron chi connectivity index (χ4n) is 1.83. The predicted molar refractivity (Wildman–Crippen MR) is 74.8 cm³/mol. The summed E-state index contributed by atoms with van der Waals surface area (Å²) in [6.45, 7) is 0.466. The zero-order valence-corrected chi connectivity index (χ0v) is 10.8. The Balaban J connectivity index is 2.15. The molecule has 0 radical (unpaired) electrons. The highest BCUT2D eigenvalue weighted by Gasteiger charge is 2.14. The first-order valence-electron chi connectivity index (χ1n) is 6.10. The second kappa shape index (κ2) is 6.26. The van der Waals surface area contributed by atoms with Crippen LogP contribution < -0.4 is 11.1 Å². The maximum absolute atomic E-state index is 12.0. The molecule has 1 heterocycles. The predicted octanol–water partition coefficient (Wildman–Crippen LogP) is 1.54. The van der Waals surface area contributed by atoms with Crippen LogP contribution in [-0.4, -0.2) is 30.6 Å². The van der Waals surface area contributed by atoms with Crippen LogP contribution in [0.15, 0.2) is 36.7 Å². The molecule has 2 aromatic rings. The number of anilines is 1. The van der Waals surface area contributed by atoms with E-state index in [9.17, 15) is 4.79 Å². The SMILES string of the molecule is COCCC(N)C(=O)Nc1cccc2cnccc12. The zero-order chi connectivity index (χ0) is 13.7. The first kappa shape index (κ1) is 13.5. The Hall–Kier alpha value is -1.98. The van der Waals surface area contributed by atoms with Gasteiger partial charge >= 0.3 is 0 Å². The molecule has 5 heteroatoms. The molecule has 0 aliphatic carbocycles. The van der Waals surface area contributed by atoms with Crippen LogP contribution in [0.25, 0.3) is 10.8 Å². The molecule has 1 aromatic carbocycles. The van der Waals surface area contributed by atoms with E-state index in [1.54, 1.807) is 19.5 Å². The van der Waals surface area contributed by atoms with Crippen molar-refractivity contribution in [3.8, 4) is 0 Å². The number of rotatable bonds is 5. The van der Waals surface area contributed by atoms with Crippen molar-refractivity contribution >= 4 is 22.4 Å². The first-order chi connectivity index (χ1) is 9.22. The van der Waals surface area contributed by atoms with Crippen molar-refractivity contribution in [2.24, 2.45) is 5.73 Å². The first-order valence-corrected chi connectivity index (χ1v) is 6.10. The number of hydrogen-bond donors (Lipinski definition) is 2. The molecule has 1 aromatic heterocycles. The molecule has 19 heavy (non-hydrogen) atoms. The van der Waals surface area contributed by atoms with E-state index in [1.807, 2.05) is 24.3 Å². The molecule has 2 rings (SSSR count). The topological polar surface area (TPSA) is 77.2 Å². The summed E-state index contributed by atoms with van der Waals surface area (Å²) in [4.78, 5) is 16.0. The Kier molecular flexibility index (Phi) is 4.43. The van der Waals surface area contributed by atoms with Gasteiger partial charge in [-0.05, 0) is 18.6 Å². The van der Waals surface area contributed by atoms with Crippen molar-refractivity contribution in [2.75, 3.05) is 19.0 Å². The van der Waals surface area contributed by atoms with Gasteiger partial charge in [-0.15, -0.1) is 0 Å². The van der Waals surface area contributed by atoms with Crippen molar-refractivity contribution in [1.29, 1.82) is 0 Å². The number of carbonyl (C=O) groups excluding carboxylic acids is 1. The van der Waals surface area contributed by atoms with Gasteiger partial charge in [-0.2, -0.15) is 0 Å². The van der Waals surface area contributed by atoms with E-state index < -0.39 is 6.04 Å². The fraction of sp³-hybridized carbons (Fsp3) is 0.286. The number of amides is 1. The number of pyridine rings is 1. The van der Waals surface area contributed by atoms with Gasteiger partial charge in [0.05, 0.1) is 6.04 Å². The minimum atomic E-state index is -0.572. The molecule has 0 fully saturated rings. The summed E-state index contributed by atoms with van der Waals surface area (Å²) in [5.41, 5.74) is 6.54. The lowest BCUT2D eigenvalue weighted by molar-refractivity contribution is -0.117. The van der Waals surface area contributed by atoms with Crippen LogP contribution in [0.2, 0.25) is 0 Å². The van der Waals surface area contributed by atoms with Crippen LogP contribution in [0.3, 0.4) is 0 Å². The molecule has 0 spiro atoms.